The molecule has 2 aromatic rings. The fourth-order valence-corrected chi connectivity index (χ4v) is 1.87. The van der Waals surface area contributed by atoms with E-state index >= 15 is 0 Å². The molecule has 0 bridgehead atoms. The lowest BCUT2D eigenvalue weighted by Gasteiger charge is -2.13. The van der Waals surface area contributed by atoms with Gasteiger partial charge in [0, 0.05) is 6.04 Å². The molecule has 1 atom stereocenters. The van der Waals surface area contributed by atoms with E-state index in [2.05, 4.69) is 5.32 Å². The fraction of sp³-hybridized carbons (Fsp3) is 0.294. The van der Waals surface area contributed by atoms with Gasteiger partial charge < -0.3 is 19.9 Å². The molecule has 4 nitrogen and oxygen atoms in total. The Hall–Kier alpha value is -2.04. The predicted molar refractivity (Wildman–Crippen MR) is 83.0 cm³/mol. The molecule has 0 aliphatic heterocycles. The summed E-state index contributed by atoms with van der Waals surface area (Å²) in [6.07, 6.45) is 0.759. The van der Waals surface area contributed by atoms with Gasteiger partial charge in [0.05, 0.1) is 13.2 Å². The van der Waals surface area contributed by atoms with Gasteiger partial charge in [0.25, 0.3) is 0 Å². The van der Waals surface area contributed by atoms with Crippen LogP contribution in [-0.2, 0) is 0 Å². The summed E-state index contributed by atoms with van der Waals surface area (Å²) in [5.74, 6) is 2.38. The minimum atomic E-state index is 0.0747. The number of ether oxygens (including phenoxy) is 2. The number of benzene rings is 2. The lowest BCUT2D eigenvalue weighted by atomic mass is 10.2. The van der Waals surface area contributed by atoms with Gasteiger partial charge >= 0.3 is 0 Å². The molecule has 4 heteroatoms. The molecule has 2 rings (SSSR count). The molecule has 1 unspecified atom stereocenters. The average molecular weight is 287 g/mol. The largest absolute Gasteiger partial charge is 0.494 e. The van der Waals surface area contributed by atoms with Gasteiger partial charge in [-0.25, -0.2) is 0 Å². The Morgan fingerprint density at radius 1 is 0.952 bits per heavy atom. The molecule has 0 amide bonds. The molecule has 0 heterocycles. The molecular formula is C17H21NO3. The van der Waals surface area contributed by atoms with Gasteiger partial charge in [-0.1, -0.05) is 18.2 Å². The molecular weight excluding hydrogens is 266 g/mol. The standard InChI is InChI=1S/C17H21NO3/c1-18-14(13-19)11-12-20-15-7-9-17(10-8-15)21-16-5-3-2-4-6-16/h2-10,14,18-19H,11-13H2,1H3. The number of aliphatic hydroxyl groups is 1. The topological polar surface area (TPSA) is 50.7 Å². The highest BCUT2D eigenvalue weighted by Crippen LogP contribution is 2.23. The zero-order valence-corrected chi connectivity index (χ0v) is 12.2. The molecule has 2 aromatic carbocycles. The van der Waals surface area contributed by atoms with Gasteiger partial charge in [0.1, 0.15) is 17.2 Å². The third-order valence-corrected chi connectivity index (χ3v) is 3.17. The number of nitrogens with one attached hydrogen (secondary N) is 1. The summed E-state index contributed by atoms with van der Waals surface area (Å²) in [6, 6.07) is 17.2. The maximum absolute atomic E-state index is 9.07. The average Bonchev–Trinajstić information content (AvgIpc) is 2.54. The first kappa shape index (κ1) is 15.4. The molecule has 0 fully saturated rings. The third-order valence-electron chi connectivity index (χ3n) is 3.17. The SMILES string of the molecule is CNC(CO)CCOc1ccc(Oc2ccccc2)cc1. The summed E-state index contributed by atoms with van der Waals surface area (Å²) >= 11 is 0. The van der Waals surface area contributed by atoms with Crippen molar-refractivity contribution in [3.8, 4) is 17.2 Å². The van der Waals surface area contributed by atoms with E-state index in [-0.39, 0.29) is 12.6 Å². The van der Waals surface area contributed by atoms with Gasteiger partial charge in [0.2, 0.25) is 0 Å². The van der Waals surface area contributed by atoms with Crippen LogP contribution in [0.5, 0.6) is 17.2 Å². The summed E-state index contributed by atoms with van der Waals surface area (Å²) in [7, 11) is 1.83. The first-order chi connectivity index (χ1) is 10.3. The van der Waals surface area contributed by atoms with Crippen LogP contribution in [-0.4, -0.2) is 31.4 Å². The molecule has 0 saturated heterocycles. The number of hydrogen-bond acceptors (Lipinski definition) is 4. The van der Waals surface area contributed by atoms with Gasteiger partial charge in [-0.15, -0.1) is 0 Å². The second kappa shape index (κ2) is 8.29. The van der Waals surface area contributed by atoms with Crippen molar-refractivity contribution >= 4 is 0 Å². The Bertz CT molecular complexity index is 509. The van der Waals surface area contributed by atoms with E-state index in [9.17, 15) is 0 Å². The first-order valence-electron chi connectivity index (χ1n) is 7.05. The van der Waals surface area contributed by atoms with Crippen molar-refractivity contribution in [2.24, 2.45) is 0 Å². The lowest BCUT2D eigenvalue weighted by molar-refractivity contribution is 0.214. The summed E-state index contributed by atoms with van der Waals surface area (Å²) in [5, 5.41) is 12.1. The van der Waals surface area contributed by atoms with Gasteiger partial charge in [-0.3, -0.25) is 0 Å². The van der Waals surface area contributed by atoms with E-state index in [1.54, 1.807) is 0 Å². The maximum Gasteiger partial charge on any atom is 0.127 e. The van der Waals surface area contributed by atoms with Crippen LogP contribution < -0.4 is 14.8 Å². The van der Waals surface area contributed by atoms with Crippen LogP contribution in [0.25, 0.3) is 0 Å². The summed E-state index contributed by atoms with van der Waals surface area (Å²) in [6.45, 7) is 0.675. The molecule has 0 radical (unpaired) electrons. The van der Waals surface area contributed by atoms with E-state index in [4.69, 9.17) is 14.6 Å². The Kier molecular flexibility index (Phi) is 6.06. The predicted octanol–water partition coefficient (Wildman–Crippen LogP) is 2.83. The zero-order valence-electron chi connectivity index (χ0n) is 12.2. The molecule has 0 aromatic heterocycles. The number of likely N-dealkylation sites (N-methyl/N-ethyl adjacent to an activating group) is 1. The van der Waals surface area contributed by atoms with Gasteiger partial charge in [-0.05, 0) is 49.9 Å². The van der Waals surface area contributed by atoms with Crippen molar-refractivity contribution in [2.45, 2.75) is 12.5 Å². The van der Waals surface area contributed by atoms with E-state index in [0.717, 1.165) is 23.7 Å². The van der Waals surface area contributed by atoms with Crippen molar-refractivity contribution in [3.05, 3.63) is 54.6 Å². The third kappa shape index (κ3) is 5.10. The minimum absolute atomic E-state index is 0.0747. The van der Waals surface area contributed by atoms with Crippen LogP contribution in [0.3, 0.4) is 0 Å². The fourth-order valence-electron chi connectivity index (χ4n) is 1.87. The van der Waals surface area contributed by atoms with Crippen LogP contribution in [0.1, 0.15) is 6.42 Å². The zero-order chi connectivity index (χ0) is 14.9. The molecule has 0 saturated carbocycles. The van der Waals surface area contributed by atoms with Gasteiger partial charge in [-0.2, -0.15) is 0 Å². The quantitative estimate of drug-likeness (QED) is 0.784. The molecule has 0 aliphatic rings. The number of rotatable bonds is 8. The second-order valence-corrected chi connectivity index (χ2v) is 4.69. The normalized spacial score (nSPS) is 11.9. The second-order valence-electron chi connectivity index (χ2n) is 4.69. The first-order valence-corrected chi connectivity index (χ1v) is 7.05. The highest BCUT2D eigenvalue weighted by molar-refractivity contribution is 5.35. The number of aliphatic hydroxyl groups excluding tert-OH is 1. The van der Waals surface area contributed by atoms with Crippen molar-refractivity contribution < 1.29 is 14.6 Å². The molecule has 2 N–H and O–H groups in total. The maximum atomic E-state index is 9.07. The number of hydrogen-bond donors (Lipinski definition) is 2. The Labute approximate surface area is 125 Å². The van der Waals surface area contributed by atoms with E-state index < -0.39 is 0 Å². The highest BCUT2D eigenvalue weighted by atomic mass is 16.5. The Morgan fingerprint density at radius 3 is 2.19 bits per heavy atom. The summed E-state index contributed by atoms with van der Waals surface area (Å²) in [5.41, 5.74) is 0. The Balaban J connectivity index is 1.82. The monoisotopic (exact) mass is 287 g/mol. The highest BCUT2D eigenvalue weighted by Gasteiger charge is 2.04. The minimum Gasteiger partial charge on any atom is -0.494 e. The number of para-hydroxylation sites is 1. The smallest absolute Gasteiger partial charge is 0.127 e. The molecule has 0 spiro atoms. The Morgan fingerprint density at radius 2 is 1.57 bits per heavy atom. The van der Waals surface area contributed by atoms with Crippen LogP contribution in [0.15, 0.2) is 54.6 Å². The van der Waals surface area contributed by atoms with Crippen molar-refractivity contribution in [3.63, 3.8) is 0 Å². The van der Waals surface area contributed by atoms with Crippen LogP contribution in [0.2, 0.25) is 0 Å². The van der Waals surface area contributed by atoms with E-state index in [1.807, 2.05) is 61.6 Å². The van der Waals surface area contributed by atoms with Crippen LogP contribution in [0.4, 0.5) is 0 Å². The molecule has 0 aliphatic carbocycles. The molecule has 112 valence electrons. The lowest BCUT2D eigenvalue weighted by Crippen LogP contribution is -2.30. The summed E-state index contributed by atoms with van der Waals surface area (Å²) in [4.78, 5) is 0. The van der Waals surface area contributed by atoms with Crippen molar-refractivity contribution in [1.82, 2.24) is 5.32 Å². The molecule has 21 heavy (non-hydrogen) atoms. The van der Waals surface area contributed by atoms with Crippen molar-refractivity contribution in [1.29, 1.82) is 0 Å². The van der Waals surface area contributed by atoms with Crippen molar-refractivity contribution in [2.75, 3.05) is 20.3 Å². The summed E-state index contributed by atoms with van der Waals surface area (Å²) < 4.78 is 11.4. The van der Waals surface area contributed by atoms with Crippen LogP contribution >= 0.6 is 0 Å². The van der Waals surface area contributed by atoms with E-state index in [0.29, 0.717) is 6.61 Å². The van der Waals surface area contributed by atoms with Gasteiger partial charge in [0.15, 0.2) is 0 Å². The van der Waals surface area contributed by atoms with Crippen LogP contribution in [0, 0.1) is 0 Å². The van der Waals surface area contributed by atoms with E-state index in [1.165, 1.54) is 0 Å².